The Morgan fingerprint density at radius 1 is 1.69 bits per heavy atom. The van der Waals surface area contributed by atoms with Crippen molar-refractivity contribution >= 4 is 34.5 Å². The average Bonchev–Trinajstić information content (AvgIpc) is 2.69. The third-order valence-electron chi connectivity index (χ3n) is 2.13. The maximum Gasteiger partial charge on any atom is 0.265 e. The second-order valence-electron chi connectivity index (χ2n) is 3.67. The predicted octanol–water partition coefficient (Wildman–Crippen LogP) is 1.67. The summed E-state index contributed by atoms with van der Waals surface area (Å²) in [7, 11) is 0. The molecule has 0 spiro atoms. The Morgan fingerprint density at radius 3 is 2.81 bits per heavy atom. The lowest BCUT2D eigenvalue weighted by molar-refractivity contribution is 0.0716. The van der Waals surface area contributed by atoms with Gasteiger partial charge in [-0.05, 0) is 13.8 Å². The fourth-order valence-corrected chi connectivity index (χ4v) is 1.95. The zero-order chi connectivity index (χ0) is 12.1. The number of carbonyl (C=O) groups excluding carboxylic acids is 1. The summed E-state index contributed by atoms with van der Waals surface area (Å²) in [4.78, 5) is 18.8. The molecular weight excluding hydrogens is 242 g/mol. The average molecular weight is 257 g/mol. The Kier molecular flexibility index (Phi) is 4.82. The summed E-state index contributed by atoms with van der Waals surface area (Å²) < 4.78 is 0. The van der Waals surface area contributed by atoms with Crippen molar-refractivity contribution in [1.29, 1.82) is 0 Å². The molecule has 4 nitrogen and oxygen atoms in total. The number of thiocarbonyl (C=S) groups is 1. The van der Waals surface area contributed by atoms with E-state index in [1.807, 2.05) is 13.8 Å². The number of nitrogens with two attached hydrogens (primary N) is 1. The van der Waals surface area contributed by atoms with E-state index in [1.54, 1.807) is 16.6 Å². The van der Waals surface area contributed by atoms with Crippen LogP contribution in [0.15, 0.2) is 11.7 Å². The molecule has 0 unspecified atom stereocenters. The van der Waals surface area contributed by atoms with Gasteiger partial charge in [-0.25, -0.2) is 0 Å². The molecule has 0 atom stereocenters. The van der Waals surface area contributed by atoms with Crippen LogP contribution >= 0.6 is 23.6 Å². The number of thiazole rings is 1. The number of hydrogen-bond acceptors (Lipinski definition) is 4. The first-order chi connectivity index (χ1) is 7.52. The van der Waals surface area contributed by atoms with Crippen molar-refractivity contribution in [3.05, 3.63) is 16.6 Å². The Morgan fingerprint density at radius 2 is 2.38 bits per heavy atom. The van der Waals surface area contributed by atoms with Crippen LogP contribution in [0.25, 0.3) is 0 Å². The SMILES string of the molecule is CC(C)N(CCC(N)=S)C(=O)c1cncs1. The van der Waals surface area contributed by atoms with E-state index in [2.05, 4.69) is 4.98 Å². The van der Waals surface area contributed by atoms with Gasteiger partial charge >= 0.3 is 0 Å². The lowest BCUT2D eigenvalue weighted by Crippen LogP contribution is -2.38. The molecular formula is C10H15N3OS2. The first-order valence-electron chi connectivity index (χ1n) is 5.00. The normalized spacial score (nSPS) is 10.4. The van der Waals surface area contributed by atoms with Gasteiger partial charge in [0.05, 0.1) is 16.7 Å². The summed E-state index contributed by atoms with van der Waals surface area (Å²) in [5.74, 6) is -0.00579. The van der Waals surface area contributed by atoms with Crippen molar-refractivity contribution in [1.82, 2.24) is 9.88 Å². The van der Waals surface area contributed by atoms with Crippen LogP contribution in [0, 0.1) is 0 Å². The predicted molar refractivity (Wildman–Crippen MR) is 69.7 cm³/mol. The standard InChI is InChI=1S/C10H15N3OS2/c1-7(2)13(4-3-9(11)15)10(14)8-5-12-6-16-8/h5-7H,3-4H2,1-2H3,(H2,11,15). The van der Waals surface area contributed by atoms with Gasteiger partial charge in [-0.3, -0.25) is 9.78 Å². The lowest BCUT2D eigenvalue weighted by atomic mass is 10.2. The lowest BCUT2D eigenvalue weighted by Gasteiger charge is -2.25. The molecule has 1 aromatic heterocycles. The fraction of sp³-hybridized carbons (Fsp3) is 0.500. The van der Waals surface area contributed by atoms with E-state index in [1.165, 1.54) is 11.3 Å². The number of aromatic nitrogens is 1. The van der Waals surface area contributed by atoms with Crippen LogP contribution in [0.2, 0.25) is 0 Å². The van der Waals surface area contributed by atoms with Crippen LogP contribution in [-0.4, -0.2) is 33.4 Å². The molecule has 0 fully saturated rings. The van der Waals surface area contributed by atoms with Crippen molar-refractivity contribution in [3.63, 3.8) is 0 Å². The van der Waals surface area contributed by atoms with Crippen molar-refractivity contribution < 1.29 is 4.79 Å². The highest BCUT2D eigenvalue weighted by atomic mass is 32.1. The summed E-state index contributed by atoms with van der Waals surface area (Å²) in [6.45, 7) is 4.50. The Labute approximate surface area is 104 Å². The maximum atomic E-state index is 12.1. The number of amides is 1. The highest BCUT2D eigenvalue weighted by molar-refractivity contribution is 7.80. The van der Waals surface area contributed by atoms with Crippen LogP contribution in [0.4, 0.5) is 0 Å². The molecule has 6 heteroatoms. The molecule has 1 amide bonds. The Balaban J connectivity index is 2.70. The minimum absolute atomic E-state index is 0.00579. The van der Waals surface area contributed by atoms with E-state index in [9.17, 15) is 4.79 Å². The number of nitrogens with zero attached hydrogens (tertiary/aromatic N) is 2. The third-order valence-corrected chi connectivity index (χ3v) is 3.09. The minimum Gasteiger partial charge on any atom is -0.393 e. The van der Waals surface area contributed by atoms with Gasteiger partial charge in [0, 0.05) is 19.0 Å². The number of carbonyl (C=O) groups is 1. The van der Waals surface area contributed by atoms with E-state index < -0.39 is 0 Å². The van der Waals surface area contributed by atoms with Crippen LogP contribution in [0.5, 0.6) is 0 Å². The molecule has 0 aliphatic carbocycles. The molecule has 1 heterocycles. The van der Waals surface area contributed by atoms with Crippen LogP contribution in [0.1, 0.15) is 29.9 Å². The van der Waals surface area contributed by atoms with Crippen molar-refractivity contribution in [3.8, 4) is 0 Å². The summed E-state index contributed by atoms with van der Waals surface area (Å²) in [6, 6.07) is 0.129. The van der Waals surface area contributed by atoms with Gasteiger partial charge in [-0.15, -0.1) is 11.3 Å². The van der Waals surface area contributed by atoms with Crippen molar-refractivity contribution in [2.45, 2.75) is 26.3 Å². The summed E-state index contributed by atoms with van der Waals surface area (Å²) in [5, 5.41) is 0. The van der Waals surface area contributed by atoms with Gasteiger partial charge in [0.25, 0.3) is 5.91 Å². The van der Waals surface area contributed by atoms with E-state index in [4.69, 9.17) is 18.0 Å². The van der Waals surface area contributed by atoms with Gasteiger partial charge in [-0.1, -0.05) is 12.2 Å². The van der Waals surface area contributed by atoms with Crippen molar-refractivity contribution in [2.24, 2.45) is 5.73 Å². The topological polar surface area (TPSA) is 59.2 Å². The molecule has 0 aliphatic rings. The molecule has 88 valence electrons. The molecule has 0 aliphatic heterocycles. The maximum absolute atomic E-state index is 12.1. The minimum atomic E-state index is -0.00579. The zero-order valence-electron chi connectivity index (χ0n) is 9.34. The van der Waals surface area contributed by atoms with Gasteiger partial charge in [0.1, 0.15) is 4.88 Å². The number of hydrogen-bond donors (Lipinski definition) is 1. The highest BCUT2D eigenvalue weighted by Gasteiger charge is 2.19. The molecule has 0 radical (unpaired) electrons. The molecule has 2 N–H and O–H groups in total. The van der Waals surface area contributed by atoms with E-state index in [0.29, 0.717) is 22.8 Å². The molecule has 0 saturated heterocycles. The molecule has 16 heavy (non-hydrogen) atoms. The van der Waals surface area contributed by atoms with Gasteiger partial charge < -0.3 is 10.6 Å². The zero-order valence-corrected chi connectivity index (χ0v) is 11.0. The van der Waals surface area contributed by atoms with Gasteiger partial charge in [0.15, 0.2) is 0 Å². The highest BCUT2D eigenvalue weighted by Crippen LogP contribution is 2.12. The molecule has 0 saturated carbocycles. The second-order valence-corrected chi connectivity index (χ2v) is 5.09. The second kappa shape index (κ2) is 5.91. The van der Waals surface area contributed by atoms with Crippen LogP contribution < -0.4 is 5.73 Å². The van der Waals surface area contributed by atoms with Crippen LogP contribution in [0.3, 0.4) is 0 Å². The number of rotatable bonds is 5. The van der Waals surface area contributed by atoms with Gasteiger partial charge in [0.2, 0.25) is 0 Å². The quantitative estimate of drug-likeness (QED) is 0.815. The first kappa shape index (κ1) is 13.1. The fourth-order valence-electron chi connectivity index (χ4n) is 1.29. The molecule has 0 aromatic carbocycles. The van der Waals surface area contributed by atoms with Crippen LogP contribution in [-0.2, 0) is 0 Å². The molecule has 1 rings (SSSR count). The molecule has 1 aromatic rings. The van der Waals surface area contributed by atoms with Crippen molar-refractivity contribution in [2.75, 3.05) is 6.54 Å². The summed E-state index contributed by atoms with van der Waals surface area (Å²) in [5.41, 5.74) is 7.10. The largest absolute Gasteiger partial charge is 0.393 e. The van der Waals surface area contributed by atoms with E-state index >= 15 is 0 Å². The Hall–Kier alpha value is -1.01. The monoisotopic (exact) mass is 257 g/mol. The molecule has 0 bridgehead atoms. The Bertz CT molecular complexity index is 362. The summed E-state index contributed by atoms with van der Waals surface area (Å²) in [6.07, 6.45) is 2.14. The van der Waals surface area contributed by atoms with E-state index in [0.717, 1.165) is 0 Å². The van der Waals surface area contributed by atoms with E-state index in [-0.39, 0.29) is 11.9 Å². The summed E-state index contributed by atoms with van der Waals surface area (Å²) >= 11 is 6.16. The van der Waals surface area contributed by atoms with Gasteiger partial charge in [-0.2, -0.15) is 0 Å². The third kappa shape index (κ3) is 3.53. The first-order valence-corrected chi connectivity index (χ1v) is 6.29. The smallest absolute Gasteiger partial charge is 0.265 e.